The van der Waals surface area contributed by atoms with Crippen LogP contribution < -0.4 is 0 Å². The lowest BCUT2D eigenvalue weighted by molar-refractivity contribution is 0.274. The molecule has 0 amide bonds. The van der Waals surface area contributed by atoms with E-state index in [0.717, 1.165) is 0 Å². The van der Waals surface area contributed by atoms with Crippen molar-refractivity contribution in [2.45, 2.75) is 31.8 Å². The first kappa shape index (κ1) is 14.0. The predicted octanol–water partition coefficient (Wildman–Crippen LogP) is 1.33. The van der Waals surface area contributed by atoms with Gasteiger partial charge in [0.15, 0.2) is 0 Å². The Balaban J connectivity index is 3.47. The van der Waals surface area contributed by atoms with E-state index < -0.39 is 10.1 Å². The fraction of sp³-hybridized carbons (Fsp3) is 0.455. The number of rotatable bonds is 4. The molecule has 5 nitrogen and oxygen atoms in total. The molecule has 1 aromatic rings. The van der Waals surface area contributed by atoms with Crippen molar-refractivity contribution < 1.29 is 23.2 Å². The zero-order chi connectivity index (χ0) is 13.2. The van der Waals surface area contributed by atoms with Crippen LogP contribution in [0.4, 0.5) is 0 Å². The number of benzene rings is 1. The lowest BCUT2D eigenvalue weighted by atomic mass is 9.99. The van der Waals surface area contributed by atoms with Gasteiger partial charge in [-0.1, -0.05) is 19.9 Å². The van der Waals surface area contributed by atoms with Crippen LogP contribution in [0.3, 0.4) is 0 Å². The average Bonchev–Trinajstić information content (AvgIpc) is 2.18. The van der Waals surface area contributed by atoms with Crippen molar-refractivity contribution in [2.75, 3.05) is 0 Å². The van der Waals surface area contributed by atoms with E-state index in [0.29, 0.717) is 6.42 Å². The second-order valence-electron chi connectivity index (χ2n) is 4.28. The Morgan fingerprint density at radius 3 is 2.29 bits per heavy atom. The van der Waals surface area contributed by atoms with E-state index in [9.17, 15) is 13.5 Å². The fourth-order valence-electron chi connectivity index (χ4n) is 1.64. The Morgan fingerprint density at radius 1 is 1.29 bits per heavy atom. The largest absolute Gasteiger partial charge is 0.507 e. The normalized spacial score (nSPS) is 12.1. The summed E-state index contributed by atoms with van der Waals surface area (Å²) in [7, 11) is -4.37. The third-order valence-corrected chi connectivity index (χ3v) is 3.32. The summed E-state index contributed by atoms with van der Waals surface area (Å²) in [5.41, 5.74) is 0.391. The zero-order valence-corrected chi connectivity index (χ0v) is 10.5. The van der Waals surface area contributed by atoms with Gasteiger partial charge in [0.2, 0.25) is 0 Å². The van der Waals surface area contributed by atoms with Crippen LogP contribution in [0.15, 0.2) is 17.0 Å². The van der Waals surface area contributed by atoms with Gasteiger partial charge in [-0.3, -0.25) is 4.55 Å². The molecule has 0 heterocycles. The van der Waals surface area contributed by atoms with Crippen LogP contribution in [-0.2, 0) is 23.1 Å². The molecular weight excluding hydrogens is 244 g/mol. The number of hydrogen-bond donors (Lipinski definition) is 3. The first-order valence-corrected chi connectivity index (χ1v) is 6.63. The number of aliphatic hydroxyl groups excluding tert-OH is 1. The quantitative estimate of drug-likeness (QED) is 0.710. The molecule has 0 unspecified atom stereocenters. The predicted molar refractivity (Wildman–Crippen MR) is 62.4 cm³/mol. The minimum atomic E-state index is -4.37. The SMILES string of the molecule is CC(C)Cc1c(S(=O)(=O)O)ccc(CO)c1O. The summed E-state index contributed by atoms with van der Waals surface area (Å²) in [5.74, 6) is -0.160. The summed E-state index contributed by atoms with van der Waals surface area (Å²) in [6, 6.07) is 2.47. The van der Waals surface area contributed by atoms with Crippen LogP contribution in [0.2, 0.25) is 0 Å². The minimum absolute atomic E-state index is 0.107. The van der Waals surface area contributed by atoms with Gasteiger partial charge in [-0.05, 0) is 18.4 Å². The summed E-state index contributed by atoms with van der Waals surface area (Å²) in [6.45, 7) is 3.33. The smallest absolute Gasteiger partial charge is 0.294 e. The van der Waals surface area contributed by atoms with Gasteiger partial charge in [0, 0.05) is 11.1 Å². The van der Waals surface area contributed by atoms with Gasteiger partial charge in [0.05, 0.1) is 6.61 Å². The van der Waals surface area contributed by atoms with Crippen LogP contribution in [0, 0.1) is 5.92 Å². The standard InChI is InChI=1S/C11H16O5S/c1-7(2)5-9-10(17(14,15)16)4-3-8(6-12)11(9)13/h3-4,7,12-13H,5-6H2,1-2H3,(H,14,15,16). The van der Waals surface area contributed by atoms with Crippen molar-refractivity contribution in [1.29, 1.82) is 0 Å². The van der Waals surface area contributed by atoms with Crippen molar-refractivity contribution in [3.8, 4) is 5.75 Å². The molecule has 0 aliphatic rings. The van der Waals surface area contributed by atoms with Crippen LogP contribution in [0.25, 0.3) is 0 Å². The van der Waals surface area contributed by atoms with E-state index in [1.54, 1.807) is 0 Å². The van der Waals surface area contributed by atoms with Gasteiger partial charge in [-0.2, -0.15) is 8.42 Å². The Hall–Kier alpha value is -1.11. The molecule has 96 valence electrons. The lowest BCUT2D eigenvalue weighted by Gasteiger charge is -2.14. The van der Waals surface area contributed by atoms with Crippen molar-refractivity contribution in [3.63, 3.8) is 0 Å². The summed E-state index contributed by atoms with van der Waals surface area (Å²) in [5, 5.41) is 18.8. The minimum Gasteiger partial charge on any atom is -0.507 e. The summed E-state index contributed by atoms with van der Waals surface area (Å²) in [6.07, 6.45) is 0.300. The molecular formula is C11H16O5S. The van der Waals surface area contributed by atoms with E-state index in [4.69, 9.17) is 9.66 Å². The third kappa shape index (κ3) is 3.18. The van der Waals surface area contributed by atoms with Gasteiger partial charge in [-0.25, -0.2) is 0 Å². The molecule has 3 N–H and O–H groups in total. The Kier molecular flexibility index (Phi) is 4.13. The molecule has 0 fully saturated rings. The van der Waals surface area contributed by atoms with Crippen molar-refractivity contribution in [3.05, 3.63) is 23.3 Å². The molecule has 0 atom stereocenters. The second-order valence-corrected chi connectivity index (χ2v) is 5.67. The van der Waals surface area contributed by atoms with E-state index in [1.807, 2.05) is 13.8 Å². The molecule has 0 bridgehead atoms. The first-order chi connectivity index (χ1) is 7.77. The van der Waals surface area contributed by atoms with Crippen molar-refractivity contribution >= 4 is 10.1 Å². The lowest BCUT2D eigenvalue weighted by Crippen LogP contribution is -2.07. The van der Waals surface area contributed by atoms with Gasteiger partial charge in [0.1, 0.15) is 10.6 Å². The van der Waals surface area contributed by atoms with Crippen LogP contribution in [0.1, 0.15) is 25.0 Å². The van der Waals surface area contributed by atoms with Crippen molar-refractivity contribution in [1.82, 2.24) is 0 Å². The van der Waals surface area contributed by atoms with Gasteiger partial charge in [-0.15, -0.1) is 0 Å². The average molecular weight is 260 g/mol. The second kappa shape index (κ2) is 5.03. The maximum atomic E-state index is 11.2. The molecule has 1 aromatic carbocycles. The van der Waals surface area contributed by atoms with E-state index in [2.05, 4.69) is 0 Å². The number of hydrogen-bond acceptors (Lipinski definition) is 4. The third-order valence-electron chi connectivity index (χ3n) is 2.38. The topological polar surface area (TPSA) is 94.8 Å². The van der Waals surface area contributed by atoms with E-state index in [1.165, 1.54) is 12.1 Å². The summed E-state index contributed by atoms with van der Waals surface area (Å²) in [4.78, 5) is -0.305. The van der Waals surface area contributed by atoms with Crippen LogP contribution in [0.5, 0.6) is 5.75 Å². The van der Waals surface area contributed by atoms with Crippen molar-refractivity contribution in [2.24, 2.45) is 5.92 Å². The monoisotopic (exact) mass is 260 g/mol. The van der Waals surface area contributed by atoms with Gasteiger partial charge < -0.3 is 10.2 Å². The van der Waals surface area contributed by atoms with E-state index in [-0.39, 0.29) is 34.3 Å². The first-order valence-electron chi connectivity index (χ1n) is 5.19. The number of aliphatic hydroxyl groups is 1. The molecule has 0 saturated heterocycles. The van der Waals surface area contributed by atoms with Crippen LogP contribution in [-0.4, -0.2) is 23.2 Å². The summed E-state index contributed by atoms with van der Waals surface area (Å²) >= 11 is 0. The van der Waals surface area contributed by atoms with Gasteiger partial charge >= 0.3 is 0 Å². The Morgan fingerprint density at radius 2 is 1.88 bits per heavy atom. The molecule has 17 heavy (non-hydrogen) atoms. The highest BCUT2D eigenvalue weighted by Crippen LogP contribution is 2.31. The highest BCUT2D eigenvalue weighted by Gasteiger charge is 2.21. The molecule has 6 heteroatoms. The zero-order valence-electron chi connectivity index (χ0n) is 9.71. The van der Waals surface area contributed by atoms with Crippen LogP contribution >= 0.6 is 0 Å². The molecule has 0 radical (unpaired) electrons. The molecule has 0 spiro atoms. The fourth-order valence-corrected chi connectivity index (χ4v) is 2.37. The highest BCUT2D eigenvalue weighted by molar-refractivity contribution is 7.85. The number of phenols is 1. The maximum Gasteiger partial charge on any atom is 0.294 e. The molecule has 0 aliphatic heterocycles. The Labute approximate surface area is 100 Å². The molecule has 0 aromatic heterocycles. The summed E-state index contributed by atoms with van der Waals surface area (Å²) < 4.78 is 31.4. The van der Waals surface area contributed by atoms with Gasteiger partial charge in [0.25, 0.3) is 10.1 Å². The molecule has 1 rings (SSSR count). The highest BCUT2D eigenvalue weighted by atomic mass is 32.2. The number of aromatic hydroxyl groups is 1. The Bertz CT molecular complexity index is 505. The maximum absolute atomic E-state index is 11.2. The molecule has 0 saturated carbocycles. The van der Waals surface area contributed by atoms with E-state index >= 15 is 0 Å². The molecule has 0 aliphatic carbocycles.